The number of rotatable bonds is 4. The van der Waals surface area contributed by atoms with Gasteiger partial charge in [0.25, 0.3) is 5.91 Å². The summed E-state index contributed by atoms with van der Waals surface area (Å²) in [4.78, 5) is 19.9. The number of thiazole rings is 1. The lowest BCUT2D eigenvalue weighted by Crippen LogP contribution is -2.50. The van der Waals surface area contributed by atoms with Crippen LogP contribution < -0.4 is 5.32 Å². The van der Waals surface area contributed by atoms with Gasteiger partial charge in [-0.15, -0.1) is 11.3 Å². The van der Waals surface area contributed by atoms with Gasteiger partial charge in [-0.25, -0.2) is 4.98 Å². The molecule has 2 heterocycles. The number of piperidine rings is 1. The van der Waals surface area contributed by atoms with Gasteiger partial charge >= 0.3 is 0 Å². The largest absolute Gasteiger partial charge is 0.349 e. The minimum absolute atomic E-state index is 0.0622. The van der Waals surface area contributed by atoms with E-state index in [2.05, 4.69) is 17.1 Å². The first kappa shape index (κ1) is 16.7. The Morgan fingerprint density at radius 1 is 1.23 bits per heavy atom. The number of benzene rings is 1. The molecular weight excluding hydrogens is 342 g/mol. The van der Waals surface area contributed by atoms with E-state index in [0.29, 0.717) is 12.0 Å². The number of fused-ring (bicyclic) bond motifs is 1. The zero-order chi connectivity index (χ0) is 17.7. The molecule has 3 fully saturated rings. The van der Waals surface area contributed by atoms with Gasteiger partial charge in [-0.2, -0.15) is 0 Å². The van der Waals surface area contributed by atoms with Crippen molar-refractivity contribution in [2.75, 3.05) is 6.54 Å². The number of carbonyl (C=O) groups excluding carboxylic acids is 1. The number of likely N-dealkylation sites (tertiary alicyclic amines) is 1. The van der Waals surface area contributed by atoms with E-state index in [1.165, 1.54) is 43.7 Å². The molecule has 1 saturated heterocycles. The van der Waals surface area contributed by atoms with Crippen molar-refractivity contribution in [3.63, 3.8) is 0 Å². The molecule has 2 aliphatic carbocycles. The highest BCUT2D eigenvalue weighted by atomic mass is 32.1. The Morgan fingerprint density at radius 3 is 2.85 bits per heavy atom. The summed E-state index contributed by atoms with van der Waals surface area (Å²) < 4.78 is 1.15. The Balaban J connectivity index is 1.27. The molecule has 1 aromatic carbocycles. The minimum Gasteiger partial charge on any atom is -0.349 e. The van der Waals surface area contributed by atoms with Crippen molar-refractivity contribution < 1.29 is 4.79 Å². The van der Waals surface area contributed by atoms with E-state index in [1.54, 1.807) is 11.3 Å². The molecule has 5 rings (SSSR count). The summed E-state index contributed by atoms with van der Waals surface area (Å²) in [6.07, 6.45) is 8.85. The third-order valence-corrected chi connectivity index (χ3v) is 7.55. The van der Waals surface area contributed by atoms with Crippen LogP contribution in [0.5, 0.6) is 0 Å². The fraction of sp³-hybridized carbons (Fsp3) is 0.619. The van der Waals surface area contributed by atoms with Crippen LogP contribution in [0.3, 0.4) is 0 Å². The SMILES string of the molecule is C[C@H]1CCCCN1C1CC(c2nc3ccc(C(=O)NC4CC4)cc3s2)C1. The molecule has 4 nitrogen and oxygen atoms in total. The number of carbonyl (C=O) groups is 1. The molecule has 1 atom stereocenters. The lowest BCUT2D eigenvalue weighted by atomic mass is 9.78. The summed E-state index contributed by atoms with van der Waals surface area (Å²) >= 11 is 1.79. The summed E-state index contributed by atoms with van der Waals surface area (Å²) in [5, 5.41) is 4.34. The fourth-order valence-electron chi connectivity index (χ4n) is 4.48. The van der Waals surface area contributed by atoms with Gasteiger partial charge < -0.3 is 5.32 Å². The van der Waals surface area contributed by atoms with Crippen LogP contribution in [0.4, 0.5) is 0 Å². The Kier molecular flexibility index (Phi) is 4.24. The molecule has 0 radical (unpaired) electrons. The van der Waals surface area contributed by atoms with E-state index in [1.807, 2.05) is 18.2 Å². The molecule has 3 aliphatic rings. The Bertz CT molecular complexity index is 822. The van der Waals surface area contributed by atoms with E-state index in [9.17, 15) is 4.79 Å². The van der Waals surface area contributed by atoms with Gasteiger partial charge in [0.1, 0.15) is 0 Å². The average Bonchev–Trinajstić information content (AvgIpc) is 3.31. The first-order valence-corrected chi connectivity index (χ1v) is 11.0. The van der Waals surface area contributed by atoms with Crippen molar-refractivity contribution in [1.82, 2.24) is 15.2 Å². The smallest absolute Gasteiger partial charge is 0.251 e. The molecule has 0 spiro atoms. The summed E-state index contributed by atoms with van der Waals surface area (Å²) in [6, 6.07) is 7.86. The molecule has 1 N–H and O–H groups in total. The van der Waals surface area contributed by atoms with Crippen molar-refractivity contribution in [1.29, 1.82) is 0 Å². The van der Waals surface area contributed by atoms with Crippen LogP contribution in [0.15, 0.2) is 18.2 Å². The van der Waals surface area contributed by atoms with Crippen molar-refractivity contribution in [2.24, 2.45) is 0 Å². The van der Waals surface area contributed by atoms with Crippen LogP contribution >= 0.6 is 11.3 Å². The van der Waals surface area contributed by atoms with Crippen molar-refractivity contribution in [3.8, 4) is 0 Å². The highest BCUT2D eigenvalue weighted by Gasteiger charge is 2.38. The topological polar surface area (TPSA) is 45.2 Å². The molecule has 1 amide bonds. The van der Waals surface area contributed by atoms with E-state index in [4.69, 9.17) is 4.98 Å². The van der Waals surface area contributed by atoms with E-state index in [-0.39, 0.29) is 5.91 Å². The predicted molar refractivity (Wildman–Crippen MR) is 106 cm³/mol. The summed E-state index contributed by atoms with van der Waals surface area (Å²) in [5.74, 6) is 0.669. The van der Waals surface area contributed by atoms with Gasteiger partial charge in [0.15, 0.2) is 0 Å². The van der Waals surface area contributed by atoms with Gasteiger partial charge in [0, 0.05) is 29.6 Å². The van der Waals surface area contributed by atoms with Gasteiger partial charge in [-0.3, -0.25) is 9.69 Å². The zero-order valence-electron chi connectivity index (χ0n) is 15.4. The molecule has 0 unspecified atom stereocenters. The standard InChI is InChI=1S/C21H27N3OS/c1-13-4-2-3-9-24(13)17-10-15(11-17)21-23-18-8-5-14(12-19(18)26-21)20(25)22-16-6-7-16/h5,8,12-13,15-17H,2-4,6-7,9-11H2,1H3,(H,22,25)/t13-,15?,17?/m0/s1. The van der Waals surface area contributed by atoms with Gasteiger partial charge in [0.05, 0.1) is 15.2 Å². The monoisotopic (exact) mass is 369 g/mol. The predicted octanol–water partition coefficient (Wildman–Crippen LogP) is 4.31. The van der Waals surface area contributed by atoms with Crippen LogP contribution in [0, 0.1) is 0 Å². The fourth-order valence-corrected chi connectivity index (χ4v) is 5.61. The van der Waals surface area contributed by atoms with Gasteiger partial charge in [0.2, 0.25) is 0 Å². The highest BCUT2D eigenvalue weighted by Crippen LogP contribution is 2.44. The number of hydrogen-bond donors (Lipinski definition) is 1. The Morgan fingerprint density at radius 2 is 2.08 bits per heavy atom. The van der Waals surface area contributed by atoms with Crippen LogP contribution in [0.2, 0.25) is 0 Å². The highest BCUT2D eigenvalue weighted by molar-refractivity contribution is 7.18. The average molecular weight is 370 g/mol. The quantitative estimate of drug-likeness (QED) is 0.873. The molecule has 2 saturated carbocycles. The summed E-state index contributed by atoms with van der Waals surface area (Å²) in [6.45, 7) is 3.66. The number of aromatic nitrogens is 1. The minimum atomic E-state index is 0.0622. The molecule has 1 aliphatic heterocycles. The van der Waals surface area contributed by atoms with Crippen molar-refractivity contribution in [2.45, 2.75) is 75.9 Å². The number of nitrogens with one attached hydrogen (secondary N) is 1. The lowest BCUT2D eigenvalue weighted by molar-refractivity contribution is 0.0480. The molecule has 1 aromatic heterocycles. The van der Waals surface area contributed by atoms with E-state index < -0.39 is 0 Å². The van der Waals surface area contributed by atoms with Crippen LogP contribution in [-0.2, 0) is 0 Å². The maximum atomic E-state index is 12.3. The van der Waals surface area contributed by atoms with Crippen LogP contribution in [0.1, 0.15) is 73.2 Å². The molecule has 138 valence electrons. The molecule has 2 aromatic rings. The van der Waals surface area contributed by atoms with E-state index in [0.717, 1.165) is 40.7 Å². The number of hydrogen-bond acceptors (Lipinski definition) is 4. The molecule has 0 bridgehead atoms. The molecular formula is C21H27N3OS. The van der Waals surface area contributed by atoms with Gasteiger partial charge in [-0.05, 0) is 70.2 Å². The Labute approximate surface area is 159 Å². The van der Waals surface area contributed by atoms with Crippen LogP contribution in [-0.4, -0.2) is 40.5 Å². The zero-order valence-corrected chi connectivity index (χ0v) is 16.2. The second-order valence-corrected chi connectivity index (χ2v) is 9.45. The summed E-state index contributed by atoms with van der Waals surface area (Å²) in [5.41, 5.74) is 1.82. The second kappa shape index (κ2) is 6.61. The Hall–Kier alpha value is -1.46. The van der Waals surface area contributed by atoms with Crippen molar-refractivity contribution >= 4 is 27.5 Å². The lowest BCUT2D eigenvalue weighted by Gasteiger charge is -2.47. The molecule has 26 heavy (non-hydrogen) atoms. The van der Waals surface area contributed by atoms with Gasteiger partial charge in [-0.1, -0.05) is 6.42 Å². The summed E-state index contributed by atoms with van der Waals surface area (Å²) in [7, 11) is 0. The third kappa shape index (κ3) is 3.16. The van der Waals surface area contributed by atoms with Crippen molar-refractivity contribution in [3.05, 3.63) is 28.8 Å². The first-order chi connectivity index (χ1) is 12.7. The second-order valence-electron chi connectivity index (χ2n) is 8.39. The molecule has 5 heteroatoms. The maximum absolute atomic E-state index is 12.3. The maximum Gasteiger partial charge on any atom is 0.251 e. The third-order valence-electron chi connectivity index (χ3n) is 6.37. The van der Waals surface area contributed by atoms with Crippen LogP contribution in [0.25, 0.3) is 10.2 Å². The normalized spacial score (nSPS) is 29.5. The first-order valence-electron chi connectivity index (χ1n) is 10.1. The number of amides is 1. The number of nitrogens with zero attached hydrogens (tertiary/aromatic N) is 2. The van der Waals surface area contributed by atoms with E-state index >= 15 is 0 Å².